The molecule has 180 valence electrons. The maximum atomic E-state index is 13.2. The number of benzene rings is 2. The Morgan fingerprint density at radius 2 is 1.88 bits per heavy atom. The number of carboxylic acid groups (broad SMARTS) is 1. The summed E-state index contributed by atoms with van der Waals surface area (Å²) in [5.41, 5.74) is 4.53. The van der Waals surface area contributed by atoms with Gasteiger partial charge in [0, 0.05) is 40.9 Å². The maximum Gasteiger partial charge on any atom is 0.408 e. The topological polar surface area (TPSA) is 87.5 Å². The van der Waals surface area contributed by atoms with Crippen LogP contribution in [-0.4, -0.2) is 37.3 Å². The highest BCUT2D eigenvalue weighted by molar-refractivity contribution is 9.10. The van der Waals surface area contributed by atoms with Crippen molar-refractivity contribution >= 4 is 27.9 Å². The summed E-state index contributed by atoms with van der Waals surface area (Å²) >= 11 is 3.58. The van der Waals surface area contributed by atoms with E-state index in [0.717, 1.165) is 32.3 Å². The third-order valence-electron chi connectivity index (χ3n) is 5.73. The van der Waals surface area contributed by atoms with Crippen molar-refractivity contribution in [3.8, 4) is 11.1 Å². The van der Waals surface area contributed by atoms with Gasteiger partial charge in [0.15, 0.2) is 0 Å². The minimum atomic E-state index is -0.994. The van der Waals surface area contributed by atoms with Gasteiger partial charge in [-0.25, -0.2) is 4.79 Å². The number of aromatic nitrogens is 2. The van der Waals surface area contributed by atoms with Crippen LogP contribution in [0.4, 0.5) is 4.79 Å². The van der Waals surface area contributed by atoms with Gasteiger partial charge in [0.2, 0.25) is 0 Å². The van der Waals surface area contributed by atoms with E-state index in [1.165, 1.54) is 4.90 Å². The van der Waals surface area contributed by atoms with Crippen molar-refractivity contribution in [2.45, 2.75) is 52.7 Å². The highest BCUT2D eigenvalue weighted by atomic mass is 79.9. The van der Waals surface area contributed by atoms with Crippen molar-refractivity contribution in [1.82, 2.24) is 20.0 Å². The number of nitrogens with one attached hydrogen (secondary N) is 1. The molecule has 0 bridgehead atoms. The fraction of sp³-hybridized carbons (Fsp3) is 0.346. The summed E-state index contributed by atoms with van der Waals surface area (Å²) in [7, 11) is 1.87. The minimum absolute atomic E-state index is 0.201. The van der Waals surface area contributed by atoms with Gasteiger partial charge in [-0.05, 0) is 81.1 Å². The van der Waals surface area contributed by atoms with Crippen LogP contribution < -0.4 is 5.32 Å². The summed E-state index contributed by atoms with van der Waals surface area (Å²) in [5, 5.41) is 16.9. The maximum absolute atomic E-state index is 13.2. The van der Waals surface area contributed by atoms with Crippen molar-refractivity contribution in [1.29, 1.82) is 0 Å². The normalized spacial score (nSPS) is 12.3. The van der Waals surface area contributed by atoms with E-state index >= 15 is 0 Å². The predicted molar refractivity (Wildman–Crippen MR) is 137 cm³/mol. The van der Waals surface area contributed by atoms with Crippen LogP contribution in [0.5, 0.6) is 0 Å². The van der Waals surface area contributed by atoms with Gasteiger partial charge < -0.3 is 10.4 Å². The van der Waals surface area contributed by atoms with Gasteiger partial charge in [-0.1, -0.05) is 28.1 Å². The second-order valence-electron chi connectivity index (χ2n) is 9.56. The van der Waals surface area contributed by atoms with Gasteiger partial charge in [0.25, 0.3) is 5.91 Å². The summed E-state index contributed by atoms with van der Waals surface area (Å²) in [6.45, 7) is 9.57. The molecule has 1 atom stereocenters. The molecular formula is C26H31BrN4O3. The van der Waals surface area contributed by atoms with E-state index in [4.69, 9.17) is 0 Å². The van der Waals surface area contributed by atoms with Crippen LogP contribution in [0.3, 0.4) is 0 Å². The van der Waals surface area contributed by atoms with Crippen LogP contribution in [0.1, 0.15) is 60.8 Å². The van der Waals surface area contributed by atoms with E-state index in [9.17, 15) is 14.7 Å². The van der Waals surface area contributed by atoms with E-state index in [1.54, 1.807) is 10.7 Å². The molecule has 0 spiro atoms. The number of carbonyl (C=O) groups is 2. The van der Waals surface area contributed by atoms with E-state index < -0.39 is 11.6 Å². The smallest absolute Gasteiger partial charge is 0.408 e. The lowest BCUT2D eigenvalue weighted by atomic mass is 10.00. The Morgan fingerprint density at radius 1 is 1.18 bits per heavy atom. The lowest BCUT2D eigenvalue weighted by Gasteiger charge is -2.33. The molecule has 34 heavy (non-hydrogen) atoms. The number of amides is 2. The van der Waals surface area contributed by atoms with Crippen molar-refractivity contribution < 1.29 is 14.7 Å². The number of carbonyl (C=O) groups excluding carboxylic acids is 1. The quantitative estimate of drug-likeness (QED) is 0.416. The van der Waals surface area contributed by atoms with Gasteiger partial charge in [0.1, 0.15) is 0 Å². The molecule has 3 rings (SSSR count). The zero-order valence-corrected chi connectivity index (χ0v) is 22.0. The second kappa shape index (κ2) is 10.0. The Bertz CT molecular complexity index is 1210. The van der Waals surface area contributed by atoms with E-state index in [2.05, 4.69) is 26.3 Å². The third-order valence-corrected chi connectivity index (χ3v) is 6.19. The first-order valence-electron chi connectivity index (χ1n) is 11.1. The van der Waals surface area contributed by atoms with Crippen molar-refractivity contribution in [3.63, 3.8) is 0 Å². The fourth-order valence-corrected chi connectivity index (χ4v) is 4.25. The Balaban J connectivity index is 1.82. The van der Waals surface area contributed by atoms with Crippen LogP contribution in [-0.2, 0) is 13.6 Å². The summed E-state index contributed by atoms with van der Waals surface area (Å²) in [6, 6.07) is 11.3. The van der Waals surface area contributed by atoms with Crippen molar-refractivity contribution in [3.05, 3.63) is 75.5 Å². The Labute approximate surface area is 208 Å². The first-order valence-corrected chi connectivity index (χ1v) is 11.8. The van der Waals surface area contributed by atoms with Gasteiger partial charge in [-0.15, -0.1) is 0 Å². The molecule has 1 aromatic heterocycles. The molecule has 0 aliphatic heterocycles. The Morgan fingerprint density at radius 3 is 2.47 bits per heavy atom. The summed E-state index contributed by atoms with van der Waals surface area (Å²) in [4.78, 5) is 26.3. The van der Waals surface area contributed by atoms with Gasteiger partial charge in [-0.2, -0.15) is 5.10 Å². The summed E-state index contributed by atoms with van der Waals surface area (Å²) in [6.07, 6.45) is 2.76. The van der Waals surface area contributed by atoms with Crippen molar-refractivity contribution in [2.24, 2.45) is 7.05 Å². The van der Waals surface area contributed by atoms with Crippen LogP contribution in [0.15, 0.2) is 53.3 Å². The molecule has 0 saturated carbocycles. The molecule has 3 aromatic rings. The number of hydrogen-bond donors (Lipinski definition) is 2. The molecule has 2 aromatic carbocycles. The van der Waals surface area contributed by atoms with Crippen LogP contribution in [0.25, 0.3) is 11.1 Å². The predicted octanol–water partition coefficient (Wildman–Crippen LogP) is 5.93. The van der Waals surface area contributed by atoms with E-state index in [1.807, 2.05) is 84.4 Å². The SMILES string of the molecule is Cc1ccc(CN(C(=O)O)C(C)(C)C)cc1C(=O)N[C@H](C)c1cc(Br)cc(-c2cnn(C)c2)c1. The first kappa shape index (κ1) is 25.5. The van der Waals surface area contributed by atoms with Crippen molar-refractivity contribution in [2.75, 3.05) is 0 Å². The summed E-state index contributed by atoms with van der Waals surface area (Å²) in [5.74, 6) is -0.201. The lowest BCUT2D eigenvalue weighted by Crippen LogP contribution is -2.44. The highest BCUT2D eigenvalue weighted by Crippen LogP contribution is 2.28. The van der Waals surface area contributed by atoms with E-state index in [0.29, 0.717) is 5.56 Å². The molecule has 0 aliphatic carbocycles. The highest BCUT2D eigenvalue weighted by Gasteiger charge is 2.26. The van der Waals surface area contributed by atoms with Gasteiger partial charge in [-0.3, -0.25) is 14.4 Å². The first-order chi connectivity index (χ1) is 15.8. The molecule has 0 radical (unpaired) electrons. The molecule has 0 unspecified atom stereocenters. The number of hydrogen-bond acceptors (Lipinski definition) is 3. The molecule has 2 amide bonds. The average molecular weight is 527 g/mol. The number of rotatable bonds is 6. The van der Waals surface area contributed by atoms with Crippen LogP contribution in [0.2, 0.25) is 0 Å². The van der Waals surface area contributed by atoms with Gasteiger partial charge in [0.05, 0.1) is 12.2 Å². The standard InChI is InChI=1S/C26H31BrN4O3/c1-16-7-8-18(14-31(25(33)34)26(3,4)5)9-23(16)24(32)29-17(2)19-10-20(12-22(27)11-19)21-13-28-30(6)15-21/h7-13,15,17H,14H2,1-6H3,(H,29,32)(H,33,34)/t17-/m1/s1. The molecule has 0 fully saturated rings. The monoisotopic (exact) mass is 526 g/mol. The largest absolute Gasteiger partial charge is 0.465 e. The zero-order valence-electron chi connectivity index (χ0n) is 20.4. The molecule has 8 heteroatoms. The Kier molecular flexibility index (Phi) is 7.51. The number of aryl methyl sites for hydroxylation is 2. The average Bonchev–Trinajstić information content (AvgIpc) is 3.17. The van der Waals surface area contributed by atoms with E-state index in [-0.39, 0.29) is 18.5 Å². The van der Waals surface area contributed by atoms with Crippen LogP contribution in [0, 0.1) is 6.92 Å². The third kappa shape index (κ3) is 6.05. The number of nitrogens with zero attached hydrogens (tertiary/aromatic N) is 3. The molecule has 0 saturated heterocycles. The zero-order chi connectivity index (χ0) is 25.2. The fourth-order valence-electron chi connectivity index (χ4n) is 3.74. The second-order valence-corrected chi connectivity index (χ2v) is 10.5. The molecule has 0 aliphatic rings. The Hall–Kier alpha value is -3.13. The lowest BCUT2D eigenvalue weighted by molar-refractivity contribution is 0.0939. The van der Waals surface area contributed by atoms with Gasteiger partial charge >= 0.3 is 6.09 Å². The molecule has 1 heterocycles. The molecule has 2 N–H and O–H groups in total. The number of halogens is 1. The molecular weight excluding hydrogens is 496 g/mol. The molecule has 7 nitrogen and oxygen atoms in total. The van der Waals surface area contributed by atoms with Crippen LogP contribution >= 0.6 is 15.9 Å². The summed E-state index contributed by atoms with van der Waals surface area (Å²) < 4.78 is 2.67. The minimum Gasteiger partial charge on any atom is -0.465 e.